The minimum absolute atomic E-state index is 0.0123. The lowest BCUT2D eigenvalue weighted by Gasteiger charge is -2.14. The summed E-state index contributed by atoms with van der Waals surface area (Å²) in [5.74, 6) is -0.738. The maximum absolute atomic E-state index is 13.4. The summed E-state index contributed by atoms with van der Waals surface area (Å²) in [5, 5.41) is 9.38. The van der Waals surface area contributed by atoms with E-state index in [0.29, 0.717) is 18.8 Å². The van der Waals surface area contributed by atoms with E-state index in [-0.39, 0.29) is 36.5 Å². The van der Waals surface area contributed by atoms with Gasteiger partial charge in [-0.25, -0.2) is 13.9 Å². The fourth-order valence-corrected chi connectivity index (χ4v) is 2.41. The molecule has 2 aromatic rings. The molecule has 1 atom stereocenters. The Hall–Kier alpha value is -3.17. The molecule has 0 fully saturated rings. The van der Waals surface area contributed by atoms with Crippen LogP contribution in [0.4, 0.5) is 4.39 Å². The first-order valence-electron chi connectivity index (χ1n) is 8.81. The molecular weight excluding hydrogens is 369 g/mol. The number of rotatable bonds is 9. The van der Waals surface area contributed by atoms with Crippen LogP contribution in [-0.4, -0.2) is 45.4 Å². The number of ether oxygens (including phenoxy) is 1. The molecule has 152 valence electrons. The molecule has 0 aliphatic heterocycles. The van der Waals surface area contributed by atoms with E-state index in [1.807, 2.05) is 0 Å². The van der Waals surface area contributed by atoms with Crippen LogP contribution in [0.25, 0.3) is 0 Å². The highest BCUT2D eigenvalue weighted by atomic mass is 19.1. The zero-order chi connectivity index (χ0) is 20.7. The number of hydrogen-bond acceptors (Lipinski definition) is 5. The summed E-state index contributed by atoms with van der Waals surface area (Å²) < 4.78 is 21.0. The average molecular weight is 393 g/mol. The summed E-state index contributed by atoms with van der Waals surface area (Å²) in [5.41, 5.74) is -0.359. The van der Waals surface area contributed by atoms with Gasteiger partial charge in [-0.15, -0.1) is 0 Å². The van der Waals surface area contributed by atoms with Gasteiger partial charge in [-0.1, -0.05) is 12.1 Å². The van der Waals surface area contributed by atoms with E-state index in [2.05, 4.69) is 15.7 Å². The van der Waals surface area contributed by atoms with Crippen LogP contribution in [0.5, 0.6) is 5.75 Å². The van der Waals surface area contributed by atoms with Crippen LogP contribution in [0.1, 0.15) is 19.2 Å². The molecule has 0 radical (unpaired) electrons. The summed E-state index contributed by atoms with van der Waals surface area (Å²) in [6, 6.07) is 5.61. The molecule has 0 unspecified atom stereocenters. The highest BCUT2D eigenvalue weighted by Crippen LogP contribution is 2.14. The predicted octanol–water partition coefficient (Wildman–Crippen LogP) is 0.119. The summed E-state index contributed by atoms with van der Waals surface area (Å²) >= 11 is 0. The smallest absolute Gasteiger partial charge is 0.346 e. The van der Waals surface area contributed by atoms with Gasteiger partial charge in [0.05, 0.1) is 0 Å². The fourth-order valence-electron chi connectivity index (χ4n) is 2.41. The van der Waals surface area contributed by atoms with E-state index in [0.717, 1.165) is 4.68 Å². The lowest BCUT2D eigenvalue weighted by molar-refractivity contribution is -0.123. The normalized spacial score (nSPS) is 11.7. The molecule has 0 aliphatic rings. The molecule has 10 heteroatoms. The van der Waals surface area contributed by atoms with Gasteiger partial charge >= 0.3 is 5.69 Å². The Morgan fingerprint density at radius 2 is 2.00 bits per heavy atom. The molecule has 2 amide bonds. The van der Waals surface area contributed by atoms with E-state index in [9.17, 15) is 18.8 Å². The molecule has 1 aromatic carbocycles. The first kappa shape index (κ1) is 21.1. The molecule has 0 saturated carbocycles. The van der Waals surface area contributed by atoms with Crippen molar-refractivity contribution in [3.05, 3.63) is 46.4 Å². The summed E-state index contributed by atoms with van der Waals surface area (Å²) in [7, 11) is 1.58. The number of nitrogens with zero attached hydrogens (tertiary/aromatic N) is 3. The number of aromatic nitrogens is 3. The number of carbonyl (C=O) groups is 2. The van der Waals surface area contributed by atoms with Crippen LogP contribution in [0.2, 0.25) is 0 Å². The van der Waals surface area contributed by atoms with Gasteiger partial charge in [0.1, 0.15) is 12.4 Å². The number of amides is 2. The second kappa shape index (κ2) is 9.67. The van der Waals surface area contributed by atoms with Gasteiger partial charge in [0.15, 0.2) is 18.2 Å². The third kappa shape index (κ3) is 5.93. The van der Waals surface area contributed by atoms with Crippen molar-refractivity contribution in [3.8, 4) is 5.75 Å². The number of carbonyl (C=O) groups excluding carboxylic acids is 2. The topological polar surface area (TPSA) is 107 Å². The number of benzene rings is 1. The second-order valence-electron chi connectivity index (χ2n) is 6.37. The van der Waals surface area contributed by atoms with Crippen LogP contribution in [0.3, 0.4) is 0 Å². The Kier molecular flexibility index (Phi) is 7.30. The molecule has 0 saturated heterocycles. The molecule has 2 rings (SSSR count). The molecule has 28 heavy (non-hydrogen) atoms. The van der Waals surface area contributed by atoms with Crippen molar-refractivity contribution in [2.45, 2.75) is 32.9 Å². The standard InChI is InChI=1S/C18H24FN5O4/c1-12(21-16(25)10-24-18(27)23(3)13(2)22-24)8-9-20-17(26)11-28-15-7-5-4-6-14(15)19/h4-7,12H,8-11H2,1-3H3,(H,20,26)(H,21,25)/t12-/m0/s1. The predicted molar refractivity (Wildman–Crippen MR) is 99.3 cm³/mol. The minimum Gasteiger partial charge on any atom is -0.481 e. The van der Waals surface area contributed by atoms with Gasteiger partial charge < -0.3 is 15.4 Å². The molecule has 1 heterocycles. The lowest BCUT2D eigenvalue weighted by Crippen LogP contribution is -2.40. The summed E-state index contributed by atoms with van der Waals surface area (Å²) in [6.45, 7) is 3.30. The van der Waals surface area contributed by atoms with Gasteiger partial charge in [-0.05, 0) is 32.4 Å². The number of hydrogen-bond donors (Lipinski definition) is 2. The summed E-state index contributed by atoms with van der Waals surface area (Å²) in [6.07, 6.45) is 0.479. The van der Waals surface area contributed by atoms with E-state index in [1.54, 1.807) is 27.0 Å². The molecule has 0 spiro atoms. The van der Waals surface area contributed by atoms with Crippen LogP contribution >= 0.6 is 0 Å². The maximum atomic E-state index is 13.4. The SMILES string of the molecule is Cc1nn(CC(=O)N[C@@H](C)CCNC(=O)COc2ccccc2F)c(=O)n1C. The molecular formula is C18H24FN5O4. The van der Waals surface area contributed by atoms with E-state index in [1.165, 1.54) is 22.8 Å². The van der Waals surface area contributed by atoms with Crippen LogP contribution in [-0.2, 0) is 23.2 Å². The molecule has 0 aliphatic carbocycles. The monoisotopic (exact) mass is 393 g/mol. The van der Waals surface area contributed by atoms with Gasteiger partial charge in [0.25, 0.3) is 5.91 Å². The van der Waals surface area contributed by atoms with Gasteiger partial charge in [0.2, 0.25) is 5.91 Å². The number of aryl methyl sites for hydroxylation is 1. The first-order valence-corrected chi connectivity index (χ1v) is 8.81. The molecule has 9 nitrogen and oxygen atoms in total. The number of nitrogens with one attached hydrogen (secondary N) is 2. The van der Waals surface area contributed by atoms with Crippen LogP contribution < -0.4 is 21.1 Å². The minimum atomic E-state index is -0.533. The Balaban J connectivity index is 1.67. The Labute approximate surface area is 161 Å². The third-order valence-electron chi connectivity index (χ3n) is 4.05. The van der Waals surface area contributed by atoms with E-state index in [4.69, 9.17) is 4.74 Å². The second-order valence-corrected chi connectivity index (χ2v) is 6.37. The zero-order valence-electron chi connectivity index (χ0n) is 16.1. The number of para-hydroxylation sites is 1. The maximum Gasteiger partial charge on any atom is 0.346 e. The van der Waals surface area contributed by atoms with Crippen molar-refractivity contribution in [3.63, 3.8) is 0 Å². The summed E-state index contributed by atoms with van der Waals surface area (Å²) in [4.78, 5) is 35.6. The van der Waals surface area contributed by atoms with Crippen molar-refractivity contribution in [1.29, 1.82) is 0 Å². The zero-order valence-corrected chi connectivity index (χ0v) is 16.1. The highest BCUT2D eigenvalue weighted by molar-refractivity contribution is 5.77. The van der Waals surface area contributed by atoms with Crippen molar-refractivity contribution >= 4 is 11.8 Å². The molecule has 2 N–H and O–H groups in total. The third-order valence-corrected chi connectivity index (χ3v) is 4.05. The van der Waals surface area contributed by atoms with Crippen molar-refractivity contribution in [2.24, 2.45) is 7.05 Å². The van der Waals surface area contributed by atoms with Crippen molar-refractivity contribution < 1.29 is 18.7 Å². The number of halogens is 1. The van der Waals surface area contributed by atoms with Gasteiger partial charge in [-0.3, -0.25) is 14.2 Å². The quantitative estimate of drug-likeness (QED) is 0.629. The van der Waals surface area contributed by atoms with Crippen molar-refractivity contribution in [1.82, 2.24) is 25.0 Å². The van der Waals surface area contributed by atoms with E-state index < -0.39 is 11.7 Å². The average Bonchev–Trinajstić information content (AvgIpc) is 2.87. The van der Waals surface area contributed by atoms with Crippen LogP contribution in [0, 0.1) is 12.7 Å². The highest BCUT2D eigenvalue weighted by Gasteiger charge is 2.13. The largest absolute Gasteiger partial charge is 0.481 e. The Bertz CT molecular complexity index is 892. The Morgan fingerprint density at radius 1 is 1.29 bits per heavy atom. The van der Waals surface area contributed by atoms with Gasteiger partial charge in [-0.2, -0.15) is 5.10 Å². The van der Waals surface area contributed by atoms with Crippen LogP contribution in [0.15, 0.2) is 29.1 Å². The molecule has 1 aromatic heterocycles. The molecule has 0 bridgehead atoms. The Morgan fingerprint density at radius 3 is 2.64 bits per heavy atom. The van der Waals surface area contributed by atoms with Gasteiger partial charge in [0, 0.05) is 19.6 Å². The van der Waals surface area contributed by atoms with E-state index >= 15 is 0 Å². The first-order chi connectivity index (χ1) is 13.3. The lowest BCUT2D eigenvalue weighted by atomic mass is 10.2. The van der Waals surface area contributed by atoms with Crippen molar-refractivity contribution in [2.75, 3.05) is 13.2 Å². The fraction of sp³-hybridized carbons (Fsp3) is 0.444.